The highest BCUT2D eigenvalue weighted by atomic mass is 127. The minimum absolute atomic E-state index is 0.157. The number of benzene rings is 2. The Morgan fingerprint density at radius 2 is 1.83 bits per heavy atom. The lowest BCUT2D eigenvalue weighted by atomic mass is 10.1. The second-order valence-electron chi connectivity index (χ2n) is 3.90. The van der Waals surface area contributed by atoms with Gasteiger partial charge >= 0.3 is 0 Å². The Morgan fingerprint density at radius 1 is 1.11 bits per heavy atom. The molecule has 0 heterocycles. The molecule has 0 aromatic heterocycles. The molecule has 3 N–H and O–H groups in total. The van der Waals surface area contributed by atoms with Crippen molar-refractivity contribution < 1.29 is 9.84 Å². The number of halogens is 1. The molecule has 18 heavy (non-hydrogen) atoms. The van der Waals surface area contributed by atoms with E-state index in [4.69, 9.17) is 15.6 Å². The van der Waals surface area contributed by atoms with E-state index in [-0.39, 0.29) is 6.61 Å². The van der Waals surface area contributed by atoms with Crippen molar-refractivity contribution in [3.05, 3.63) is 51.6 Å². The van der Waals surface area contributed by atoms with Gasteiger partial charge in [0.2, 0.25) is 0 Å². The number of anilines is 1. The summed E-state index contributed by atoms with van der Waals surface area (Å²) in [5, 5.41) is 8.84. The van der Waals surface area contributed by atoms with Gasteiger partial charge in [-0.1, -0.05) is 12.1 Å². The van der Waals surface area contributed by atoms with E-state index in [2.05, 4.69) is 22.6 Å². The molecule has 0 unspecified atom stereocenters. The van der Waals surface area contributed by atoms with E-state index in [1.807, 2.05) is 42.5 Å². The average Bonchev–Trinajstić information content (AvgIpc) is 2.35. The molecule has 0 atom stereocenters. The van der Waals surface area contributed by atoms with Crippen molar-refractivity contribution in [1.82, 2.24) is 0 Å². The van der Waals surface area contributed by atoms with Crippen molar-refractivity contribution in [2.24, 2.45) is 0 Å². The molecule has 0 bridgehead atoms. The molecular weight excluding hydrogens is 341 g/mol. The van der Waals surface area contributed by atoms with Crippen LogP contribution >= 0.6 is 22.6 Å². The number of hydrogen-bond acceptors (Lipinski definition) is 3. The zero-order valence-corrected chi connectivity index (χ0v) is 11.9. The molecule has 3 nitrogen and oxygen atoms in total. The summed E-state index contributed by atoms with van der Waals surface area (Å²) in [5.74, 6) is 1.40. The number of aliphatic hydroxyl groups excluding tert-OH is 1. The molecule has 0 amide bonds. The third-order valence-electron chi connectivity index (χ3n) is 2.52. The highest BCUT2D eigenvalue weighted by molar-refractivity contribution is 14.1. The maximum atomic E-state index is 8.84. The molecule has 0 saturated carbocycles. The zero-order chi connectivity index (χ0) is 13.0. The smallest absolute Gasteiger partial charge is 0.150 e. The molecule has 0 aliphatic rings. The molecule has 0 saturated heterocycles. The second-order valence-corrected chi connectivity index (χ2v) is 5.15. The van der Waals surface area contributed by atoms with E-state index in [0.717, 1.165) is 14.9 Å². The highest BCUT2D eigenvalue weighted by Crippen LogP contribution is 2.28. The minimum Gasteiger partial charge on any atom is -0.455 e. The van der Waals surface area contributed by atoms with Gasteiger partial charge in [0.15, 0.2) is 0 Å². The van der Waals surface area contributed by atoms with Crippen molar-refractivity contribution in [3.63, 3.8) is 0 Å². The van der Waals surface area contributed by atoms with E-state index in [0.29, 0.717) is 17.9 Å². The first-order valence-electron chi connectivity index (χ1n) is 5.62. The lowest BCUT2D eigenvalue weighted by Crippen LogP contribution is -1.93. The van der Waals surface area contributed by atoms with Crippen molar-refractivity contribution >= 4 is 28.3 Å². The van der Waals surface area contributed by atoms with Gasteiger partial charge in [0.25, 0.3) is 0 Å². The Bertz CT molecular complexity index is 526. The lowest BCUT2D eigenvalue weighted by molar-refractivity contribution is 0.299. The number of ether oxygens (including phenoxy) is 1. The number of nitrogens with two attached hydrogens (primary N) is 1. The third kappa shape index (κ3) is 3.36. The minimum atomic E-state index is 0.157. The summed E-state index contributed by atoms with van der Waals surface area (Å²) >= 11 is 2.21. The fraction of sp³-hybridized carbons (Fsp3) is 0.143. The van der Waals surface area contributed by atoms with Crippen LogP contribution in [0.25, 0.3) is 0 Å². The lowest BCUT2D eigenvalue weighted by Gasteiger charge is -2.09. The fourth-order valence-electron chi connectivity index (χ4n) is 1.59. The number of hydrogen-bond donors (Lipinski definition) is 2. The van der Waals surface area contributed by atoms with Gasteiger partial charge in [-0.05, 0) is 64.9 Å². The van der Waals surface area contributed by atoms with Gasteiger partial charge in [-0.3, -0.25) is 0 Å². The van der Waals surface area contributed by atoms with E-state index in [1.54, 1.807) is 0 Å². The topological polar surface area (TPSA) is 55.5 Å². The van der Waals surface area contributed by atoms with E-state index < -0.39 is 0 Å². The van der Waals surface area contributed by atoms with Crippen LogP contribution in [0.5, 0.6) is 11.5 Å². The molecule has 0 radical (unpaired) electrons. The van der Waals surface area contributed by atoms with Crippen LogP contribution in [0, 0.1) is 3.57 Å². The number of rotatable bonds is 4. The third-order valence-corrected chi connectivity index (χ3v) is 3.19. The largest absolute Gasteiger partial charge is 0.455 e. The average molecular weight is 355 g/mol. The first kappa shape index (κ1) is 13.2. The fourth-order valence-corrected chi connectivity index (χ4v) is 2.11. The second kappa shape index (κ2) is 6.06. The van der Waals surface area contributed by atoms with Gasteiger partial charge in [0.1, 0.15) is 11.5 Å². The molecule has 0 fully saturated rings. The first-order valence-corrected chi connectivity index (χ1v) is 6.69. The molecule has 94 valence electrons. The van der Waals surface area contributed by atoms with Crippen LogP contribution in [-0.4, -0.2) is 11.7 Å². The Kier molecular flexibility index (Phi) is 4.43. The van der Waals surface area contributed by atoms with Gasteiger partial charge in [-0.2, -0.15) is 0 Å². The normalized spacial score (nSPS) is 10.3. The summed E-state index contributed by atoms with van der Waals surface area (Å²) in [6.07, 6.45) is 0.659. The molecule has 0 aliphatic heterocycles. The predicted molar refractivity (Wildman–Crippen MR) is 80.9 cm³/mol. The summed E-state index contributed by atoms with van der Waals surface area (Å²) in [6.45, 7) is 0.157. The molecular formula is C14H14INO2. The number of aliphatic hydroxyl groups is 1. The molecule has 0 spiro atoms. The Balaban J connectivity index is 2.13. The summed E-state index contributed by atoms with van der Waals surface area (Å²) in [5.41, 5.74) is 7.59. The molecule has 0 aliphatic carbocycles. The van der Waals surface area contributed by atoms with E-state index in [1.165, 1.54) is 0 Å². The predicted octanol–water partition coefficient (Wildman–Crippen LogP) is 3.20. The Labute approximate surface area is 120 Å². The standard InChI is InChI=1S/C14H14INO2/c15-11-3-6-14(13(16)9-11)18-12-4-1-10(2-5-12)7-8-17/h1-6,9,17H,7-8,16H2. The van der Waals surface area contributed by atoms with Gasteiger partial charge < -0.3 is 15.6 Å². The zero-order valence-electron chi connectivity index (χ0n) is 9.77. The Hall–Kier alpha value is -1.27. The summed E-state index contributed by atoms with van der Waals surface area (Å²) < 4.78 is 6.79. The summed E-state index contributed by atoms with van der Waals surface area (Å²) in [6, 6.07) is 13.3. The molecule has 2 aromatic rings. The van der Waals surface area contributed by atoms with Crippen LogP contribution in [0.15, 0.2) is 42.5 Å². The van der Waals surface area contributed by atoms with Crippen molar-refractivity contribution in [2.45, 2.75) is 6.42 Å². The highest BCUT2D eigenvalue weighted by Gasteiger charge is 2.02. The van der Waals surface area contributed by atoms with Gasteiger partial charge in [0.05, 0.1) is 5.69 Å². The van der Waals surface area contributed by atoms with Gasteiger partial charge in [-0.25, -0.2) is 0 Å². The van der Waals surface area contributed by atoms with Gasteiger partial charge in [0, 0.05) is 10.2 Å². The van der Waals surface area contributed by atoms with Crippen LogP contribution < -0.4 is 10.5 Å². The van der Waals surface area contributed by atoms with Crippen LogP contribution in [0.1, 0.15) is 5.56 Å². The maximum Gasteiger partial charge on any atom is 0.150 e. The molecule has 2 rings (SSSR count). The van der Waals surface area contributed by atoms with Crippen LogP contribution in [0.2, 0.25) is 0 Å². The van der Waals surface area contributed by atoms with Gasteiger partial charge in [-0.15, -0.1) is 0 Å². The maximum absolute atomic E-state index is 8.84. The number of nitrogen functional groups attached to an aromatic ring is 1. The quantitative estimate of drug-likeness (QED) is 0.654. The van der Waals surface area contributed by atoms with Crippen molar-refractivity contribution in [2.75, 3.05) is 12.3 Å². The van der Waals surface area contributed by atoms with Crippen LogP contribution in [-0.2, 0) is 6.42 Å². The van der Waals surface area contributed by atoms with E-state index in [9.17, 15) is 0 Å². The monoisotopic (exact) mass is 355 g/mol. The SMILES string of the molecule is Nc1cc(I)ccc1Oc1ccc(CCO)cc1. The molecule has 2 aromatic carbocycles. The van der Waals surface area contributed by atoms with Crippen molar-refractivity contribution in [1.29, 1.82) is 0 Å². The van der Waals surface area contributed by atoms with Crippen molar-refractivity contribution in [3.8, 4) is 11.5 Å². The van der Waals surface area contributed by atoms with Crippen LogP contribution in [0.3, 0.4) is 0 Å². The first-order chi connectivity index (χ1) is 8.69. The van der Waals surface area contributed by atoms with E-state index >= 15 is 0 Å². The summed E-state index contributed by atoms with van der Waals surface area (Å²) in [7, 11) is 0. The molecule has 4 heteroatoms. The van der Waals surface area contributed by atoms with Crippen LogP contribution in [0.4, 0.5) is 5.69 Å². The summed E-state index contributed by atoms with van der Waals surface area (Å²) in [4.78, 5) is 0. The Morgan fingerprint density at radius 3 is 2.44 bits per heavy atom.